The summed E-state index contributed by atoms with van der Waals surface area (Å²) >= 11 is 6.16. The number of aromatic amines is 1. The molecule has 0 amide bonds. The second-order valence-corrected chi connectivity index (χ2v) is 4.98. The Kier molecular flexibility index (Phi) is 3.90. The molecule has 0 saturated heterocycles. The van der Waals surface area contributed by atoms with E-state index in [1.54, 1.807) is 24.3 Å². The van der Waals surface area contributed by atoms with Gasteiger partial charge >= 0.3 is 0 Å². The van der Waals surface area contributed by atoms with E-state index in [0.717, 1.165) is 5.56 Å². The molecule has 0 bridgehead atoms. The number of aromatic nitrogens is 4. The lowest BCUT2D eigenvalue weighted by molar-refractivity contribution is -0.384. The van der Waals surface area contributed by atoms with E-state index in [2.05, 4.69) is 20.6 Å². The molecule has 1 N–H and O–H groups in total. The Morgan fingerprint density at radius 2 is 2.04 bits per heavy atom. The van der Waals surface area contributed by atoms with Gasteiger partial charge in [-0.15, -0.1) is 10.2 Å². The van der Waals surface area contributed by atoms with Crippen LogP contribution in [-0.4, -0.2) is 32.7 Å². The molecular formula is C14H10ClN5O3. The fourth-order valence-electron chi connectivity index (χ4n) is 2.19. The second-order valence-electron chi connectivity index (χ2n) is 4.57. The number of nitrogens with one attached hydrogen (secondary N) is 1. The number of benzene rings is 2. The Morgan fingerprint density at radius 1 is 1.22 bits per heavy atom. The van der Waals surface area contributed by atoms with Crippen LogP contribution in [0.1, 0.15) is 0 Å². The monoisotopic (exact) mass is 331 g/mol. The van der Waals surface area contributed by atoms with Gasteiger partial charge in [-0.2, -0.15) is 5.21 Å². The first-order chi connectivity index (χ1) is 11.1. The molecule has 23 heavy (non-hydrogen) atoms. The molecular weight excluding hydrogens is 322 g/mol. The molecule has 0 fully saturated rings. The minimum Gasteiger partial charge on any atom is -0.495 e. The lowest BCUT2D eigenvalue weighted by atomic mass is 9.98. The standard InChI is InChI=1S/C14H10ClN5O3/c1-23-13-5-2-8(6-12(13)15)10-4-3-9(20(21)22)7-11(10)14-16-18-19-17-14/h2-7H,1H3,(H,16,17,18,19). The van der Waals surface area contributed by atoms with E-state index in [1.165, 1.54) is 19.2 Å². The van der Waals surface area contributed by atoms with Crippen molar-refractivity contribution in [3.05, 3.63) is 51.5 Å². The van der Waals surface area contributed by atoms with E-state index < -0.39 is 4.92 Å². The highest BCUT2D eigenvalue weighted by atomic mass is 35.5. The average molecular weight is 332 g/mol. The number of hydrogen-bond donors (Lipinski definition) is 1. The minimum absolute atomic E-state index is 0.0619. The molecule has 9 heteroatoms. The first kappa shape index (κ1) is 14.9. The van der Waals surface area contributed by atoms with Gasteiger partial charge in [0.05, 0.1) is 17.1 Å². The van der Waals surface area contributed by atoms with Gasteiger partial charge in [0.15, 0.2) is 0 Å². The molecule has 0 aliphatic carbocycles. The Morgan fingerprint density at radius 3 is 2.65 bits per heavy atom. The van der Waals surface area contributed by atoms with E-state index in [9.17, 15) is 10.1 Å². The molecule has 0 saturated carbocycles. The zero-order valence-corrected chi connectivity index (χ0v) is 12.6. The van der Waals surface area contributed by atoms with Crippen LogP contribution in [0.15, 0.2) is 36.4 Å². The number of rotatable bonds is 4. The first-order valence-electron chi connectivity index (χ1n) is 6.46. The van der Waals surface area contributed by atoms with E-state index in [0.29, 0.717) is 21.9 Å². The summed E-state index contributed by atoms with van der Waals surface area (Å²) in [5.41, 5.74) is 1.87. The predicted molar refractivity (Wildman–Crippen MR) is 83.3 cm³/mol. The number of tetrazole rings is 1. The lowest BCUT2D eigenvalue weighted by Gasteiger charge is -2.09. The molecule has 0 unspecified atom stereocenters. The second kappa shape index (κ2) is 6.01. The summed E-state index contributed by atoms with van der Waals surface area (Å²) in [6.45, 7) is 0. The van der Waals surface area contributed by atoms with Gasteiger partial charge in [0.25, 0.3) is 5.69 Å². The van der Waals surface area contributed by atoms with Crippen LogP contribution in [0.4, 0.5) is 5.69 Å². The SMILES string of the molecule is COc1ccc(-c2ccc([N+](=O)[O-])cc2-c2nn[nH]n2)cc1Cl. The van der Waals surface area contributed by atoms with Gasteiger partial charge in [-0.05, 0) is 34.5 Å². The van der Waals surface area contributed by atoms with Gasteiger partial charge in [-0.1, -0.05) is 17.7 Å². The summed E-state index contributed by atoms with van der Waals surface area (Å²) in [6, 6.07) is 9.68. The third kappa shape index (κ3) is 2.84. The van der Waals surface area contributed by atoms with Crippen LogP contribution >= 0.6 is 11.6 Å². The number of halogens is 1. The quantitative estimate of drug-likeness (QED) is 0.581. The van der Waals surface area contributed by atoms with Crippen LogP contribution in [0, 0.1) is 10.1 Å². The van der Waals surface area contributed by atoms with Crippen molar-refractivity contribution in [2.75, 3.05) is 7.11 Å². The smallest absolute Gasteiger partial charge is 0.270 e. The number of nitro groups is 1. The van der Waals surface area contributed by atoms with E-state index in [-0.39, 0.29) is 11.5 Å². The molecule has 1 aromatic heterocycles. The maximum Gasteiger partial charge on any atom is 0.270 e. The highest BCUT2D eigenvalue weighted by Gasteiger charge is 2.17. The fraction of sp³-hybridized carbons (Fsp3) is 0.0714. The fourth-order valence-corrected chi connectivity index (χ4v) is 2.45. The molecule has 0 radical (unpaired) electrons. The van der Waals surface area contributed by atoms with Gasteiger partial charge in [0, 0.05) is 17.7 Å². The number of hydrogen-bond acceptors (Lipinski definition) is 6. The first-order valence-corrected chi connectivity index (χ1v) is 6.84. The average Bonchev–Trinajstić information content (AvgIpc) is 3.08. The lowest BCUT2D eigenvalue weighted by Crippen LogP contribution is -1.93. The largest absolute Gasteiger partial charge is 0.495 e. The number of nitro benzene ring substituents is 1. The van der Waals surface area contributed by atoms with Gasteiger partial charge in [-0.25, -0.2) is 0 Å². The molecule has 0 aliphatic rings. The number of H-pyrrole nitrogens is 1. The summed E-state index contributed by atoms with van der Waals surface area (Å²) in [5, 5.41) is 25.1. The number of nitrogens with zero attached hydrogens (tertiary/aromatic N) is 4. The zero-order chi connectivity index (χ0) is 16.4. The third-order valence-corrected chi connectivity index (χ3v) is 3.56. The molecule has 1 heterocycles. The van der Waals surface area contributed by atoms with Crippen molar-refractivity contribution in [1.29, 1.82) is 0 Å². The molecule has 0 atom stereocenters. The Bertz CT molecular complexity index is 867. The molecule has 116 valence electrons. The van der Waals surface area contributed by atoms with Crippen LogP contribution in [0.3, 0.4) is 0 Å². The summed E-state index contributed by atoms with van der Waals surface area (Å²) in [5.74, 6) is 0.800. The molecule has 8 nitrogen and oxygen atoms in total. The van der Waals surface area contributed by atoms with Crippen LogP contribution in [0.5, 0.6) is 5.75 Å². The van der Waals surface area contributed by atoms with Crippen molar-refractivity contribution in [3.8, 4) is 28.3 Å². The van der Waals surface area contributed by atoms with E-state index in [4.69, 9.17) is 16.3 Å². The minimum atomic E-state index is -0.478. The maximum atomic E-state index is 11.0. The van der Waals surface area contributed by atoms with E-state index in [1.807, 2.05) is 0 Å². The molecule has 0 spiro atoms. The highest BCUT2D eigenvalue weighted by molar-refractivity contribution is 6.32. The van der Waals surface area contributed by atoms with Gasteiger partial charge in [0.1, 0.15) is 5.75 Å². The molecule has 3 rings (SSSR count). The van der Waals surface area contributed by atoms with Crippen molar-refractivity contribution in [2.24, 2.45) is 0 Å². The van der Waals surface area contributed by atoms with Gasteiger partial charge < -0.3 is 4.74 Å². The van der Waals surface area contributed by atoms with Crippen molar-refractivity contribution >= 4 is 17.3 Å². The van der Waals surface area contributed by atoms with Crippen molar-refractivity contribution < 1.29 is 9.66 Å². The van der Waals surface area contributed by atoms with Crippen molar-refractivity contribution in [1.82, 2.24) is 20.6 Å². The summed E-state index contributed by atoms with van der Waals surface area (Å²) in [7, 11) is 1.53. The number of ether oxygens (including phenoxy) is 1. The van der Waals surface area contributed by atoms with Crippen LogP contribution in [-0.2, 0) is 0 Å². The summed E-state index contributed by atoms with van der Waals surface area (Å²) < 4.78 is 5.13. The summed E-state index contributed by atoms with van der Waals surface area (Å²) in [4.78, 5) is 10.5. The van der Waals surface area contributed by atoms with Crippen molar-refractivity contribution in [3.63, 3.8) is 0 Å². The Labute approximate surface area is 135 Å². The van der Waals surface area contributed by atoms with Crippen LogP contribution < -0.4 is 4.74 Å². The van der Waals surface area contributed by atoms with Crippen LogP contribution in [0.2, 0.25) is 5.02 Å². The third-order valence-electron chi connectivity index (χ3n) is 3.26. The van der Waals surface area contributed by atoms with Crippen LogP contribution in [0.25, 0.3) is 22.5 Å². The topological polar surface area (TPSA) is 107 Å². The number of methoxy groups -OCH3 is 1. The predicted octanol–water partition coefficient (Wildman–Crippen LogP) is 3.10. The molecule has 2 aromatic carbocycles. The Balaban J connectivity index is 2.19. The van der Waals surface area contributed by atoms with Gasteiger partial charge in [0.2, 0.25) is 5.82 Å². The van der Waals surface area contributed by atoms with E-state index >= 15 is 0 Å². The van der Waals surface area contributed by atoms with Gasteiger partial charge in [-0.3, -0.25) is 10.1 Å². The Hall–Kier alpha value is -3.00. The van der Waals surface area contributed by atoms with Crippen molar-refractivity contribution in [2.45, 2.75) is 0 Å². The zero-order valence-electron chi connectivity index (χ0n) is 11.9. The normalized spacial score (nSPS) is 10.5. The summed E-state index contributed by atoms with van der Waals surface area (Å²) in [6.07, 6.45) is 0. The number of non-ortho nitro benzene ring substituents is 1. The maximum absolute atomic E-state index is 11.0. The molecule has 0 aliphatic heterocycles. The molecule has 3 aromatic rings. The highest BCUT2D eigenvalue weighted by Crippen LogP contribution is 2.36.